The van der Waals surface area contributed by atoms with Gasteiger partial charge in [-0.05, 0) is 97.4 Å². The van der Waals surface area contributed by atoms with Crippen molar-refractivity contribution in [2.75, 3.05) is 0 Å². The van der Waals surface area contributed by atoms with Crippen LogP contribution in [-0.2, 0) is 19.1 Å². The van der Waals surface area contributed by atoms with Crippen LogP contribution in [0.5, 0.6) is 0 Å². The Morgan fingerprint density at radius 2 is 1.61 bits per heavy atom. The molecule has 0 spiro atoms. The molecule has 0 aliphatic heterocycles. The van der Waals surface area contributed by atoms with Crippen LogP contribution in [0.1, 0.15) is 113 Å². The van der Waals surface area contributed by atoms with Gasteiger partial charge in [0.25, 0.3) is 0 Å². The topological polar surface area (TPSA) is 60.4 Å². The number of carbonyl (C=O) groups excluding carboxylic acids is 3. The third kappa shape index (κ3) is 3.27. The molecule has 0 heterocycles. The van der Waals surface area contributed by atoms with Crippen molar-refractivity contribution in [3.63, 3.8) is 0 Å². The Labute approximate surface area is 218 Å². The number of aldehydes is 1. The molecule has 36 heavy (non-hydrogen) atoms. The van der Waals surface area contributed by atoms with Crippen LogP contribution < -0.4 is 0 Å². The summed E-state index contributed by atoms with van der Waals surface area (Å²) in [5.74, 6) is 0.752. The normalized spacial score (nSPS) is 51.6. The van der Waals surface area contributed by atoms with E-state index in [0.29, 0.717) is 17.6 Å². The van der Waals surface area contributed by atoms with Crippen LogP contribution in [0.25, 0.3) is 0 Å². The number of allylic oxidation sites excluding steroid dienone is 2. The highest BCUT2D eigenvalue weighted by molar-refractivity contribution is 5.95. The number of fused-ring (bicyclic) bond motifs is 7. The first-order chi connectivity index (χ1) is 16.6. The summed E-state index contributed by atoms with van der Waals surface area (Å²) >= 11 is 0. The Balaban J connectivity index is 1.58. The molecule has 5 rings (SSSR count). The molecule has 0 radical (unpaired) electrons. The fraction of sp³-hybridized carbons (Fsp3) is 0.844. The quantitative estimate of drug-likeness (QED) is 0.302. The third-order valence-corrected chi connectivity index (χ3v) is 13.1. The van der Waals surface area contributed by atoms with Crippen LogP contribution in [0.4, 0.5) is 0 Å². The predicted octanol–water partition coefficient (Wildman–Crippen LogP) is 7.10. The van der Waals surface area contributed by atoms with E-state index in [9.17, 15) is 14.4 Å². The molecule has 0 aromatic rings. The predicted molar refractivity (Wildman–Crippen MR) is 141 cm³/mol. The number of ether oxygens (including phenoxy) is 1. The average molecular weight is 497 g/mol. The van der Waals surface area contributed by atoms with Crippen molar-refractivity contribution in [2.45, 2.75) is 119 Å². The first-order valence-electron chi connectivity index (χ1n) is 14.5. The average Bonchev–Trinajstić information content (AvgIpc) is 2.78. The summed E-state index contributed by atoms with van der Waals surface area (Å²) < 4.78 is 5.83. The maximum Gasteiger partial charge on any atom is 0.302 e. The zero-order valence-electron chi connectivity index (χ0n) is 24.0. The van der Waals surface area contributed by atoms with Crippen molar-refractivity contribution < 1.29 is 19.1 Å². The zero-order chi connectivity index (χ0) is 26.5. The number of esters is 1. The van der Waals surface area contributed by atoms with Gasteiger partial charge in [-0.25, -0.2) is 0 Å². The zero-order valence-corrected chi connectivity index (χ0v) is 24.0. The lowest BCUT2D eigenvalue weighted by Crippen LogP contribution is -2.66. The number of hydrogen-bond acceptors (Lipinski definition) is 4. The highest BCUT2D eigenvalue weighted by Gasteiger charge is 2.70. The van der Waals surface area contributed by atoms with Crippen molar-refractivity contribution in [2.24, 2.45) is 50.2 Å². The van der Waals surface area contributed by atoms with E-state index in [2.05, 4.69) is 54.5 Å². The first-order valence-corrected chi connectivity index (χ1v) is 14.5. The van der Waals surface area contributed by atoms with E-state index in [4.69, 9.17) is 4.74 Å². The van der Waals surface area contributed by atoms with Gasteiger partial charge in [-0.1, -0.05) is 54.0 Å². The molecule has 0 amide bonds. The smallest absolute Gasteiger partial charge is 0.302 e. The molecule has 4 nitrogen and oxygen atoms in total. The second-order valence-corrected chi connectivity index (χ2v) is 15.4. The minimum absolute atomic E-state index is 0.0135. The third-order valence-electron chi connectivity index (χ3n) is 13.1. The molecular formula is C32H48O4. The van der Waals surface area contributed by atoms with Gasteiger partial charge in [0.05, 0.1) is 0 Å². The molecule has 0 aromatic carbocycles. The molecule has 0 aromatic heterocycles. The molecule has 0 bridgehead atoms. The molecule has 9 atom stereocenters. The van der Waals surface area contributed by atoms with Gasteiger partial charge in [-0.15, -0.1) is 0 Å². The van der Waals surface area contributed by atoms with Crippen LogP contribution in [0.2, 0.25) is 0 Å². The fourth-order valence-electron chi connectivity index (χ4n) is 10.7. The fourth-order valence-corrected chi connectivity index (χ4v) is 10.7. The maximum absolute atomic E-state index is 14.3. The molecule has 4 saturated carbocycles. The maximum atomic E-state index is 14.3. The van der Waals surface area contributed by atoms with E-state index in [1.165, 1.54) is 25.2 Å². The molecule has 5 aliphatic carbocycles. The van der Waals surface area contributed by atoms with Crippen LogP contribution in [0.3, 0.4) is 0 Å². The van der Waals surface area contributed by atoms with Crippen molar-refractivity contribution in [1.82, 2.24) is 0 Å². The van der Waals surface area contributed by atoms with Crippen LogP contribution >= 0.6 is 0 Å². The summed E-state index contributed by atoms with van der Waals surface area (Å²) in [7, 11) is 0. The molecule has 200 valence electrons. The number of carbonyl (C=O) groups is 3. The van der Waals surface area contributed by atoms with Gasteiger partial charge in [0.15, 0.2) is 5.78 Å². The minimum atomic E-state index is -0.285. The Morgan fingerprint density at radius 1 is 0.944 bits per heavy atom. The molecule has 0 N–H and O–H groups in total. The summed E-state index contributed by atoms with van der Waals surface area (Å²) in [6.07, 6.45) is 12.2. The lowest BCUT2D eigenvalue weighted by atomic mass is 9.33. The highest BCUT2D eigenvalue weighted by atomic mass is 16.5. The SMILES string of the molecule is CC(=O)O[C@H]1CC[C@@]2(C)C(CC[C@]3(C)[C@@H]2C(=O)C=C2[C@H]4C[C@@](C)(C=O)CC[C@]4(C)CC[C@]23C)C1(C)C. The number of hydrogen-bond donors (Lipinski definition) is 0. The Hall–Kier alpha value is -1.45. The Kier molecular flexibility index (Phi) is 5.66. The van der Waals surface area contributed by atoms with Gasteiger partial charge in [-0.3, -0.25) is 9.59 Å². The van der Waals surface area contributed by atoms with E-state index >= 15 is 0 Å². The lowest BCUT2D eigenvalue weighted by molar-refractivity contribution is -0.210. The largest absolute Gasteiger partial charge is 0.462 e. The monoisotopic (exact) mass is 496 g/mol. The molecule has 4 heteroatoms. The summed E-state index contributed by atoms with van der Waals surface area (Å²) in [4.78, 5) is 38.3. The first kappa shape index (κ1) is 26.2. The van der Waals surface area contributed by atoms with Gasteiger partial charge in [-0.2, -0.15) is 0 Å². The van der Waals surface area contributed by atoms with E-state index in [0.717, 1.165) is 51.4 Å². The van der Waals surface area contributed by atoms with E-state index in [1.54, 1.807) is 0 Å². The minimum Gasteiger partial charge on any atom is -0.462 e. The molecule has 1 unspecified atom stereocenters. The summed E-state index contributed by atoms with van der Waals surface area (Å²) in [5, 5.41) is 0. The molecule has 4 fully saturated rings. The van der Waals surface area contributed by atoms with Gasteiger partial charge in [0.1, 0.15) is 12.4 Å². The van der Waals surface area contributed by atoms with Gasteiger partial charge < -0.3 is 9.53 Å². The second kappa shape index (κ2) is 7.79. The Bertz CT molecular complexity index is 1030. The second-order valence-electron chi connectivity index (χ2n) is 15.4. The van der Waals surface area contributed by atoms with Gasteiger partial charge in [0, 0.05) is 23.7 Å². The lowest BCUT2D eigenvalue weighted by Gasteiger charge is -2.70. The van der Waals surface area contributed by atoms with E-state index in [-0.39, 0.29) is 50.5 Å². The summed E-state index contributed by atoms with van der Waals surface area (Å²) in [6.45, 7) is 17.8. The van der Waals surface area contributed by atoms with E-state index in [1.807, 2.05) is 0 Å². The highest BCUT2D eigenvalue weighted by Crippen LogP contribution is 2.75. The van der Waals surface area contributed by atoms with Crippen molar-refractivity contribution in [3.8, 4) is 0 Å². The standard InChI is InChI=1S/C32H48O4/c1-20(34)36-25-10-11-30(6)24(27(25,2)3)9-12-32(8)26(30)23(35)17-21-22-18-28(4,19-33)13-14-29(22,5)15-16-31(21,32)7/h17,19,22,24-26H,9-16,18H2,1-8H3/t22-,24?,25+,26-,28+,29-,30+,31-,32-/m1/s1. The van der Waals surface area contributed by atoms with Gasteiger partial charge >= 0.3 is 5.97 Å². The molecule has 5 aliphatic rings. The molecule has 0 saturated heterocycles. The number of rotatable bonds is 2. The van der Waals surface area contributed by atoms with Crippen molar-refractivity contribution >= 4 is 18.0 Å². The van der Waals surface area contributed by atoms with Crippen LogP contribution in [-0.4, -0.2) is 24.1 Å². The van der Waals surface area contributed by atoms with E-state index < -0.39 is 0 Å². The van der Waals surface area contributed by atoms with Crippen LogP contribution in [0.15, 0.2) is 11.6 Å². The number of ketones is 1. The molecular weight excluding hydrogens is 448 g/mol. The van der Waals surface area contributed by atoms with Gasteiger partial charge in [0.2, 0.25) is 0 Å². The van der Waals surface area contributed by atoms with Crippen LogP contribution in [0, 0.1) is 50.2 Å². The Morgan fingerprint density at radius 3 is 2.25 bits per heavy atom. The summed E-state index contributed by atoms with van der Waals surface area (Å²) in [5.41, 5.74) is 0.866. The van der Waals surface area contributed by atoms with Crippen molar-refractivity contribution in [1.29, 1.82) is 0 Å². The summed E-state index contributed by atoms with van der Waals surface area (Å²) in [6, 6.07) is 0. The van der Waals surface area contributed by atoms with Crippen molar-refractivity contribution in [3.05, 3.63) is 11.6 Å².